The quantitative estimate of drug-likeness (QED) is 0.727. The van der Waals surface area contributed by atoms with Gasteiger partial charge in [0.15, 0.2) is 0 Å². The maximum atomic E-state index is 9.60. The Labute approximate surface area is 88.3 Å². The average molecular weight is 235 g/mol. The van der Waals surface area contributed by atoms with Crippen LogP contribution in [0.25, 0.3) is 0 Å². The monoisotopic (exact) mass is 234 g/mol. The van der Waals surface area contributed by atoms with Crippen LogP contribution >= 0.6 is 0 Å². The average Bonchev–Trinajstić information content (AvgIpc) is 1.87. The first-order chi connectivity index (χ1) is 5.54. The van der Waals surface area contributed by atoms with Crippen LogP contribution in [0, 0.1) is 0 Å². The zero-order valence-corrected chi connectivity index (χ0v) is 8.84. The zero-order chi connectivity index (χ0) is 9.98. The number of carboxylic acids is 2. The van der Waals surface area contributed by atoms with E-state index in [0.717, 1.165) is 12.8 Å². The molecule has 0 aromatic heterocycles. The third-order valence-electron chi connectivity index (χ3n) is 0.928. The van der Waals surface area contributed by atoms with Crippen LogP contribution in [0.2, 0.25) is 0 Å². The molecule has 2 N–H and O–H groups in total. The molecule has 82 valence electrons. The second-order valence-electron chi connectivity index (χ2n) is 2.29. The fourth-order valence-corrected chi connectivity index (χ4v) is 0.428. The Kier molecular flexibility index (Phi) is 19.6. The van der Waals surface area contributed by atoms with Crippen molar-refractivity contribution in [1.29, 1.82) is 0 Å². The van der Waals surface area contributed by atoms with Crippen LogP contribution in [0.1, 0.15) is 39.5 Å². The van der Waals surface area contributed by atoms with Gasteiger partial charge in [0.1, 0.15) is 0 Å². The van der Waals surface area contributed by atoms with Gasteiger partial charge in [0.25, 0.3) is 0 Å². The van der Waals surface area contributed by atoms with Gasteiger partial charge >= 0.3 is 11.9 Å². The number of carbonyl (C=O) groups is 2. The van der Waals surface area contributed by atoms with Crippen molar-refractivity contribution < 1.29 is 36.3 Å². The van der Waals surface area contributed by atoms with Crippen molar-refractivity contribution in [2.75, 3.05) is 0 Å². The molecule has 4 nitrogen and oxygen atoms in total. The van der Waals surface area contributed by atoms with Gasteiger partial charge in [0.2, 0.25) is 0 Å². The summed E-state index contributed by atoms with van der Waals surface area (Å²) in [4.78, 5) is 19.2. The minimum Gasteiger partial charge on any atom is -0.481 e. The molecule has 0 aromatic carbocycles. The largest absolute Gasteiger partial charge is 0.481 e. The Balaban J connectivity index is -0.000000143. The fraction of sp³-hybridized carbons (Fsp3) is 0.750. The van der Waals surface area contributed by atoms with E-state index < -0.39 is 11.9 Å². The molecule has 5 heteroatoms. The molecular weight excluding hydrogens is 219 g/mol. The Bertz CT molecular complexity index is 120. The summed E-state index contributed by atoms with van der Waals surface area (Å²) in [6.07, 6.45) is 2.05. The smallest absolute Gasteiger partial charge is 0.303 e. The summed E-state index contributed by atoms with van der Waals surface area (Å²) in [7, 11) is 0. The van der Waals surface area contributed by atoms with E-state index in [1.54, 1.807) is 0 Å². The molecule has 0 amide bonds. The first-order valence-electron chi connectivity index (χ1n) is 3.98. The molecule has 0 spiro atoms. The number of aliphatic carboxylic acids is 2. The second-order valence-corrected chi connectivity index (χ2v) is 2.29. The van der Waals surface area contributed by atoms with Crippen LogP contribution in [-0.2, 0) is 26.1 Å². The Morgan fingerprint density at radius 1 is 0.923 bits per heavy atom. The van der Waals surface area contributed by atoms with Gasteiger partial charge < -0.3 is 10.2 Å². The van der Waals surface area contributed by atoms with Crippen molar-refractivity contribution in [3.63, 3.8) is 0 Å². The van der Waals surface area contributed by atoms with Crippen LogP contribution in [0.3, 0.4) is 0 Å². The molecule has 0 fully saturated rings. The van der Waals surface area contributed by atoms with Gasteiger partial charge in [-0.1, -0.05) is 13.8 Å². The minimum atomic E-state index is -0.711. The van der Waals surface area contributed by atoms with E-state index in [1.807, 2.05) is 13.8 Å². The molecular formula is C8H16NiO4. The van der Waals surface area contributed by atoms with Crippen molar-refractivity contribution in [1.82, 2.24) is 0 Å². The molecule has 0 rings (SSSR count). The summed E-state index contributed by atoms with van der Waals surface area (Å²) in [5, 5.41) is 15.8. The molecule has 13 heavy (non-hydrogen) atoms. The normalized spacial score (nSPS) is 7.54. The van der Waals surface area contributed by atoms with Crippen LogP contribution in [0.4, 0.5) is 0 Å². The summed E-state index contributed by atoms with van der Waals surface area (Å²) in [6.45, 7) is 3.68. The van der Waals surface area contributed by atoms with Gasteiger partial charge in [-0.05, 0) is 12.8 Å². The van der Waals surface area contributed by atoms with Crippen LogP contribution in [-0.4, -0.2) is 22.2 Å². The molecule has 0 unspecified atom stereocenters. The van der Waals surface area contributed by atoms with E-state index in [-0.39, 0.29) is 16.5 Å². The first kappa shape index (κ1) is 18.3. The van der Waals surface area contributed by atoms with Gasteiger partial charge in [-0.2, -0.15) is 0 Å². The van der Waals surface area contributed by atoms with Crippen LogP contribution in [0.5, 0.6) is 0 Å². The summed E-state index contributed by atoms with van der Waals surface area (Å²) >= 11 is 0. The third-order valence-corrected chi connectivity index (χ3v) is 0.928. The van der Waals surface area contributed by atoms with Crippen molar-refractivity contribution >= 4 is 11.9 Å². The maximum Gasteiger partial charge on any atom is 0.303 e. The van der Waals surface area contributed by atoms with E-state index in [4.69, 9.17) is 10.2 Å². The van der Waals surface area contributed by atoms with E-state index >= 15 is 0 Å². The Hall–Kier alpha value is -0.566. The summed E-state index contributed by atoms with van der Waals surface area (Å²) in [5.41, 5.74) is 0. The SMILES string of the molecule is CCCC(=O)O.CCCC(=O)O.[Ni]. The Morgan fingerprint density at radius 2 is 1.15 bits per heavy atom. The molecule has 0 atom stereocenters. The number of carboxylic acid groups (broad SMARTS) is 2. The van der Waals surface area contributed by atoms with Crippen molar-refractivity contribution in [2.45, 2.75) is 39.5 Å². The number of rotatable bonds is 4. The molecule has 0 heterocycles. The molecule has 0 aliphatic rings. The third kappa shape index (κ3) is 34.5. The maximum absolute atomic E-state index is 9.60. The van der Waals surface area contributed by atoms with E-state index in [2.05, 4.69) is 0 Å². The molecule has 0 aromatic rings. The predicted molar refractivity (Wildman–Crippen MR) is 45.1 cm³/mol. The molecule has 0 saturated heterocycles. The van der Waals surface area contributed by atoms with Gasteiger partial charge in [0.05, 0.1) is 0 Å². The van der Waals surface area contributed by atoms with Gasteiger partial charge in [-0.25, -0.2) is 0 Å². The summed E-state index contributed by atoms with van der Waals surface area (Å²) in [5.74, 6) is -1.42. The topological polar surface area (TPSA) is 74.6 Å². The molecule has 0 radical (unpaired) electrons. The predicted octanol–water partition coefficient (Wildman–Crippen LogP) is 1.74. The van der Waals surface area contributed by atoms with E-state index in [0.29, 0.717) is 12.8 Å². The molecule has 0 bridgehead atoms. The molecule has 0 saturated carbocycles. The van der Waals surface area contributed by atoms with Crippen LogP contribution < -0.4 is 0 Å². The fourth-order valence-electron chi connectivity index (χ4n) is 0.428. The van der Waals surface area contributed by atoms with Gasteiger partial charge in [-0.15, -0.1) is 0 Å². The van der Waals surface area contributed by atoms with Crippen molar-refractivity contribution in [3.05, 3.63) is 0 Å². The van der Waals surface area contributed by atoms with Crippen molar-refractivity contribution in [2.24, 2.45) is 0 Å². The van der Waals surface area contributed by atoms with Crippen molar-refractivity contribution in [3.8, 4) is 0 Å². The molecule has 0 aliphatic heterocycles. The van der Waals surface area contributed by atoms with Crippen LogP contribution in [0.15, 0.2) is 0 Å². The second kappa shape index (κ2) is 14.0. The number of hydrogen-bond donors (Lipinski definition) is 2. The summed E-state index contributed by atoms with van der Waals surface area (Å²) in [6, 6.07) is 0. The Morgan fingerprint density at radius 3 is 1.15 bits per heavy atom. The summed E-state index contributed by atoms with van der Waals surface area (Å²) < 4.78 is 0. The van der Waals surface area contributed by atoms with E-state index in [9.17, 15) is 9.59 Å². The van der Waals surface area contributed by atoms with Gasteiger partial charge in [-0.3, -0.25) is 9.59 Å². The number of hydrogen-bond acceptors (Lipinski definition) is 2. The van der Waals surface area contributed by atoms with E-state index in [1.165, 1.54) is 0 Å². The minimum absolute atomic E-state index is 0. The molecule has 0 aliphatic carbocycles. The zero-order valence-electron chi connectivity index (χ0n) is 7.86. The standard InChI is InChI=1S/2C4H8O2.Ni/c2*1-2-3-4(5)6;/h2*2-3H2,1H3,(H,5,6);. The van der Waals surface area contributed by atoms with Gasteiger partial charge in [0, 0.05) is 29.3 Å². The first-order valence-corrected chi connectivity index (χ1v) is 3.98.